The van der Waals surface area contributed by atoms with Crippen molar-refractivity contribution in [1.82, 2.24) is 15.0 Å². The van der Waals surface area contributed by atoms with Crippen LogP contribution in [0.5, 0.6) is 5.75 Å². The van der Waals surface area contributed by atoms with Gasteiger partial charge in [0.1, 0.15) is 18.2 Å². The zero-order valence-electron chi connectivity index (χ0n) is 14.5. The molecule has 134 valence electrons. The van der Waals surface area contributed by atoms with Gasteiger partial charge in [-0.15, -0.1) is 5.10 Å². The predicted molar refractivity (Wildman–Crippen MR) is 92.8 cm³/mol. The lowest BCUT2D eigenvalue weighted by Gasteiger charge is -2.07. The van der Waals surface area contributed by atoms with E-state index in [2.05, 4.69) is 10.3 Å². The average molecular weight is 355 g/mol. The van der Waals surface area contributed by atoms with Crippen LogP contribution in [0.3, 0.4) is 0 Å². The van der Waals surface area contributed by atoms with Gasteiger partial charge in [-0.25, -0.2) is 13.9 Å². The Labute approximate surface area is 150 Å². The summed E-state index contributed by atoms with van der Waals surface area (Å²) in [5, 5.41) is 7.93. The van der Waals surface area contributed by atoms with E-state index >= 15 is 0 Å². The summed E-state index contributed by atoms with van der Waals surface area (Å²) in [7, 11) is 0. The fourth-order valence-corrected chi connectivity index (χ4v) is 2.46. The maximum Gasteiger partial charge on any atom is 0.361 e. The third-order valence-corrected chi connectivity index (χ3v) is 3.74. The minimum atomic E-state index is -0.607. The zero-order chi connectivity index (χ0) is 18.5. The SMILES string of the molecule is CCOc1ccc(-n2nnc(C(=O)OCc3cccc(F)c3)c2C)cc1. The van der Waals surface area contributed by atoms with E-state index in [0.717, 1.165) is 11.4 Å². The summed E-state index contributed by atoms with van der Waals surface area (Å²) >= 11 is 0. The fourth-order valence-electron chi connectivity index (χ4n) is 2.46. The molecule has 0 fully saturated rings. The van der Waals surface area contributed by atoms with Crippen molar-refractivity contribution in [3.63, 3.8) is 0 Å². The molecule has 2 aromatic carbocycles. The number of halogens is 1. The second kappa shape index (κ2) is 7.77. The molecule has 0 aliphatic carbocycles. The number of nitrogens with zero attached hydrogens (tertiary/aromatic N) is 3. The van der Waals surface area contributed by atoms with E-state index in [1.54, 1.807) is 23.7 Å². The largest absolute Gasteiger partial charge is 0.494 e. The third-order valence-electron chi connectivity index (χ3n) is 3.74. The molecule has 0 saturated carbocycles. The molecule has 0 amide bonds. The summed E-state index contributed by atoms with van der Waals surface area (Å²) in [6.45, 7) is 4.20. The van der Waals surface area contributed by atoms with Gasteiger partial charge >= 0.3 is 5.97 Å². The standard InChI is InChI=1S/C19H18FN3O3/c1-3-25-17-9-7-16(8-10-17)23-13(2)18(21-22-23)19(24)26-12-14-5-4-6-15(20)11-14/h4-11H,3,12H2,1-2H3. The molecule has 0 aliphatic heterocycles. The molecule has 3 aromatic rings. The second-order valence-electron chi connectivity index (χ2n) is 5.57. The second-order valence-corrected chi connectivity index (χ2v) is 5.57. The van der Waals surface area contributed by atoms with Crippen LogP contribution in [0.4, 0.5) is 4.39 Å². The number of carbonyl (C=O) groups is 1. The number of esters is 1. The monoisotopic (exact) mass is 355 g/mol. The summed E-state index contributed by atoms with van der Waals surface area (Å²) in [6, 6.07) is 13.2. The van der Waals surface area contributed by atoms with Gasteiger partial charge in [0.2, 0.25) is 0 Å². The minimum Gasteiger partial charge on any atom is -0.494 e. The van der Waals surface area contributed by atoms with Crippen LogP contribution in [0.15, 0.2) is 48.5 Å². The molecule has 26 heavy (non-hydrogen) atoms. The van der Waals surface area contributed by atoms with Gasteiger partial charge in [-0.2, -0.15) is 0 Å². The van der Waals surface area contributed by atoms with Crippen molar-refractivity contribution in [2.75, 3.05) is 6.61 Å². The maximum absolute atomic E-state index is 13.2. The van der Waals surface area contributed by atoms with Crippen molar-refractivity contribution >= 4 is 5.97 Å². The van der Waals surface area contributed by atoms with Gasteiger partial charge in [0.15, 0.2) is 5.69 Å². The van der Waals surface area contributed by atoms with Crippen molar-refractivity contribution in [2.45, 2.75) is 20.5 Å². The Bertz CT molecular complexity index is 907. The molecule has 0 N–H and O–H groups in total. The van der Waals surface area contributed by atoms with Crippen LogP contribution >= 0.6 is 0 Å². The van der Waals surface area contributed by atoms with Gasteiger partial charge in [0.25, 0.3) is 0 Å². The lowest BCUT2D eigenvalue weighted by Crippen LogP contribution is -2.08. The Morgan fingerprint density at radius 1 is 1.19 bits per heavy atom. The van der Waals surface area contributed by atoms with E-state index < -0.39 is 5.97 Å². The Hall–Kier alpha value is -3.22. The lowest BCUT2D eigenvalue weighted by atomic mass is 10.2. The number of aromatic nitrogens is 3. The molecule has 0 saturated heterocycles. The minimum absolute atomic E-state index is 0.0358. The van der Waals surface area contributed by atoms with Crippen LogP contribution < -0.4 is 4.74 Å². The normalized spacial score (nSPS) is 10.6. The Kier molecular flexibility index (Phi) is 5.26. The summed E-state index contributed by atoms with van der Waals surface area (Å²) < 4.78 is 25.3. The van der Waals surface area contributed by atoms with Gasteiger partial charge in [0.05, 0.1) is 18.0 Å². The first-order valence-electron chi connectivity index (χ1n) is 8.15. The van der Waals surface area contributed by atoms with Gasteiger partial charge < -0.3 is 9.47 Å². The van der Waals surface area contributed by atoms with E-state index in [0.29, 0.717) is 17.9 Å². The molecule has 7 heteroatoms. The number of rotatable bonds is 6. The number of carbonyl (C=O) groups excluding carboxylic acids is 1. The first kappa shape index (κ1) is 17.6. The molecule has 1 aromatic heterocycles. The van der Waals surface area contributed by atoms with Gasteiger partial charge in [-0.05, 0) is 55.8 Å². The number of benzene rings is 2. The van der Waals surface area contributed by atoms with Gasteiger partial charge in [0, 0.05) is 0 Å². The molecule has 0 unspecified atom stereocenters. The maximum atomic E-state index is 13.2. The highest BCUT2D eigenvalue weighted by atomic mass is 19.1. The predicted octanol–water partition coefficient (Wildman–Crippen LogP) is 3.47. The van der Waals surface area contributed by atoms with Gasteiger partial charge in [-0.3, -0.25) is 0 Å². The van der Waals surface area contributed by atoms with Gasteiger partial charge in [-0.1, -0.05) is 17.3 Å². The highest BCUT2D eigenvalue weighted by Crippen LogP contribution is 2.18. The molecule has 6 nitrogen and oxygen atoms in total. The molecule has 0 atom stereocenters. The molecular weight excluding hydrogens is 337 g/mol. The van der Waals surface area contributed by atoms with Crippen molar-refractivity contribution in [2.24, 2.45) is 0 Å². The van der Waals surface area contributed by atoms with Crippen LogP contribution in [-0.2, 0) is 11.3 Å². The number of hydrogen-bond donors (Lipinski definition) is 0. The van der Waals surface area contributed by atoms with E-state index in [1.807, 2.05) is 31.2 Å². The summed E-state index contributed by atoms with van der Waals surface area (Å²) in [5.74, 6) is -0.233. The molecule has 1 heterocycles. The molecule has 3 rings (SSSR count). The summed E-state index contributed by atoms with van der Waals surface area (Å²) in [5.41, 5.74) is 1.99. The lowest BCUT2D eigenvalue weighted by molar-refractivity contribution is 0.0464. The molecule has 0 radical (unpaired) electrons. The quantitative estimate of drug-likeness (QED) is 0.634. The van der Waals surface area contributed by atoms with Crippen molar-refractivity contribution < 1.29 is 18.7 Å². The Balaban J connectivity index is 1.72. The number of hydrogen-bond acceptors (Lipinski definition) is 5. The first-order chi connectivity index (χ1) is 12.6. The molecule has 0 bridgehead atoms. The first-order valence-corrected chi connectivity index (χ1v) is 8.15. The molecular formula is C19H18FN3O3. The van der Waals surface area contributed by atoms with Crippen LogP contribution in [-0.4, -0.2) is 27.6 Å². The van der Waals surface area contributed by atoms with E-state index in [1.165, 1.54) is 12.1 Å². The molecule has 0 spiro atoms. The van der Waals surface area contributed by atoms with E-state index in [9.17, 15) is 9.18 Å². The summed E-state index contributed by atoms with van der Waals surface area (Å²) in [4.78, 5) is 12.3. The van der Waals surface area contributed by atoms with E-state index in [-0.39, 0.29) is 18.1 Å². The highest BCUT2D eigenvalue weighted by Gasteiger charge is 2.19. The van der Waals surface area contributed by atoms with Crippen molar-refractivity contribution in [3.05, 3.63) is 71.3 Å². The van der Waals surface area contributed by atoms with Crippen LogP contribution in [0.2, 0.25) is 0 Å². The fraction of sp³-hybridized carbons (Fsp3) is 0.211. The smallest absolute Gasteiger partial charge is 0.361 e. The average Bonchev–Trinajstić information content (AvgIpc) is 3.02. The van der Waals surface area contributed by atoms with Crippen molar-refractivity contribution in [1.29, 1.82) is 0 Å². The van der Waals surface area contributed by atoms with Crippen LogP contribution in [0.25, 0.3) is 5.69 Å². The van der Waals surface area contributed by atoms with Crippen LogP contribution in [0, 0.1) is 12.7 Å². The number of ether oxygens (including phenoxy) is 2. The van der Waals surface area contributed by atoms with Crippen molar-refractivity contribution in [3.8, 4) is 11.4 Å². The highest BCUT2D eigenvalue weighted by molar-refractivity contribution is 5.88. The van der Waals surface area contributed by atoms with E-state index in [4.69, 9.17) is 9.47 Å². The Morgan fingerprint density at radius 3 is 2.65 bits per heavy atom. The topological polar surface area (TPSA) is 66.2 Å². The zero-order valence-corrected chi connectivity index (χ0v) is 14.5. The third kappa shape index (κ3) is 3.88. The van der Waals surface area contributed by atoms with Crippen LogP contribution in [0.1, 0.15) is 28.7 Å². The molecule has 0 aliphatic rings. The Morgan fingerprint density at radius 2 is 1.96 bits per heavy atom. The summed E-state index contributed by atoms with van der Waals surface area (Å²) in [6.07, 6.45) is 0.